The third-order valence-corrected chi connectivity index (χ3v) is 2.36. The molecule has 1 N–H and O–H groups in total. The fraction of sp³-hybridized carbons (Fsp3) is 0.200. The zero-order valence-electron chi connectivity index (χ0n) is 8.36. The van der Waals surface area contributed by atoms with Gasteiger partial charge in [-0.3, -0.25) is 0 Å². The van der Waals surface area contributed by atoms with Crippen molar-refractivity contribution in [3.8, 4) is 5.75 Å². The zero-order valence-corrected chi connectivity index (χ0v) is 10.6. The molecule has 0 amide bonds. The van der Waals surface area contributed by atoms with Crippen LogP contribution in [0.15, 0.2) is 22.7 Å². The van der Waals surface area contributed by atoms with E-state index >= 15 is 0 Å². The molecular weight excluding hydrogens is 275 g/mol. The van der Waals surface area contributed by atoms with Gasteiger partial charge >= 0.3 is 0 Å². The van der Waals surface area contributed by atoms with Crippen molar-refractivity contribution in [2.75, 3.05) is 19.0 Å². The highest BCUT2D eigenvalue weighted by atomic mass is 35.5. The summed E-state index contributed by atoms with van der Waals surface area (Å²) in [4.78, 5) is 0. The Bertz CT molecular complexity index is 382. The molecule has 1 rings (SSSR count). The molecule has 1 aromatic rings. The van der Waals surface area contributed by atoms with Crippen molar-refractivity contribution in [3.05, 3.63) is 33.5 Å². The molecule has 0 bridgehead atoms. The molecule has 0 aromatic heterocycles. The third-order valence-electron chi connectivity index (χ3n) is 1.75. The summed E-state index contributed by atoms with van der Waals surface area (Å²) >= 11 is 16.6. The van der Waals surface area contributed by atoms with Gasteiger partial charge in [-0.15, -0.1) is 0 Å². The molecule has 6 heteroatoms. The third kappa shape index (κ3) is 3.74. The van der Waals surface area contributed by atoms with Gasteiger partial charge in [0.1, 0.15) is 16.8 Å². The van der Waals surface area contributed by atoms with E-state index in [2.05, 4.69) is 5.32 Å². The average molecular weight is 285 g/mol. The Balaban J connectivity index is 2.80. The summed E-state index contributed by atoms with van der Waals surface area (Å²) in [6.45, 7) is 0.150. The van der Waals surface area contributed by atoms with Gasteiger partial charge in [0.25, 0.3) is 0 Å². The average Bonchev–Trinajstić information content (AvgIpc) is 2.16. The van der Waals surface area contributed by atoms with Crippen LogP contribution in [0.4, 0.5) is 10.1 Å². The van der Waals surface area contributed by atoms with Crippen LogP contribution in [0.2, 0.25) is 5.02 Å². The Morgan fingerprint density at radius 3 is 2.69 bits per heavy atom. The van der Waals surface area contributed by atoms with E-state index in [1.807, 2.05) is 0 Å². The van der Waals surface area contributed by atoms with E-state index in [0.29, 0.717) is 5.75 Å². The number of anilines is 1. The summed E-state index contributed by atoms with van der Waals surface area (Å²) < 4.78 is 18.7. The maximum atomic E-state index is 13.4. The summed E-state index contributed by atoms with van der Waals surface area (Å²) in [5, 5.41) is 2.90. The second-order valence-corrected chi connectivity index (χ2v) is 4.23. The Labute approximate surface area is 108 Å². The van der Waals surface area contributed by atoms with Gasteiger partial charge in [0.2, 0.25) is 0 Å². The van der Waals surface area contributed by atoms with Gasteiger partial charge in [0, 0.05) is 19.2 Å². The number of rotatable bonds is 4. The molecule has 0 aliphatic rings. The van der Waals surface area contributed by atoms with Gasteiger partial charge in [0.15, 0.2) is 5.82 Å². The minimum atomic E-state index is -0.481. The van der Waals surface area contributed by atoms with Crippen LogP contribution in [0.1, 0.15) is 0 Å². The smallest absolute Gasteiger partial charge is 0.151 e. The molecule has 0 saturated heterocycles. The van der Waals surface area contributed by atoms with Crippen molar-refractivity contribution >= 4 is 40.5 Å². The normalized spacial score (nSPS) is 9.81. The molecular formula is C10H9Cl3FNO. The molecule has 0 aliphatic carbocycles. The lowest BCUT2D eigenvalue weighted by atomic mass is 10.3. The van der Waals surface area contributed by atoms with Gasteiger partial charge in [-0.1, -0.05) is 34.8 Å². The van der Waals surface area contributed by atoms with Crippen molar-refractivity contribution in [1.29, 1.82) is 0 Å². The van der Waals surface area contributed by atoms with Crippen LogP contribution in [-0.2, 0) is 0 Å². The fourth-order valence-electron chi connectivity index (χ4n) is 1.07. The van der Waals surface area contributed by atoms with Gasteiger partial charge in [-0.2, -0.15) is 0 Å². The molecule has 0 atom stereocenters. The molecule has 88 valence electrons. The molecule has 0 unspecified atom stereocenters. The highest BCUT2D eigenvalue weighted by Gasteiger charge is 2.08. The molecule has 0 fully saturated rings. The SMILES string of the molecule is CNc1c(F)cc(OCC=C(Cl)Cl)cc1Cl. The van der Waals surface area contributed by atoms with E-state index < -0.39 is 5.82 Å². The van der Waals surface area contributed by atoms with E-state index in [1.54, 1.807) is 7.05 Å². The van der Waals surface area contributed by atoms with Crippen molar-refractivity contribution < 1.29 is 9.13 Å². The first kappa shape index (κ1) is 13.4. The van der Waals surface area contributed by atoms with E-state index in [9.17, 15) is 4.39 Å². The molecule has 0 radical (unpaired) electrons. The molecule has 0 aliphatic heterocycles. The maximum absolute atomic E-state index is 13.4. The van der Waals surface area contributed by atoms with Crippen LogP contribution in [0.3, 0.4) is 0 Å². The molecule has 16 heavy (non-hydrogen) atoms. The second kappa shape index (κ2) is 6.18. The topological polar surface area (TPSA) is 21.3 Å². The number of benzene rings is 1. The fourth-order valence-corrected chi connectivity index (χ4v) is 1.49. The molecule has 0 spiro atoms. The van der Waals surface area contributed by atoms with E-state index in [4.69, 9.17) is 39.5 Å². The summed E-state index contributed by atoms with van der Waals surface area (Å²) in [5.74, 6) is -0.168. The number of halogens is 4. The van der Waals surface area contributed by atoms with Crippen LogP contribution in [0.25, 0.3) is 0 Å². The number of hydrogen-bond acceptors (Lipinski definition) is 2. The summed E-state index contributed by atoms with van der Waals surface area (Å²) in [5.41, 5.74) is 0.236. The first-order chi connectivity index (χ1) is 7.54. The van der Waals surface area contributed by atoms with Gasteiger partial charge in [-0.05, 0) is 6.08 Å². The second-order valence-electron chi connectivity index (χ2n) is 2.82. The highest BCUT2D eigenvalue weighted by Crippen LogP contribution is 2.29. The highest BCUT2D eigenvalue weighted by molar-refractivity contribution is 6.55. The number of hydrogen-bond donors (Lipinski definition) is 1. The van der Waals surface area contributed by atoms with Crippen molar-refractivity contribution in [2.45, 2.75) is 0 Å². The minimum absolute atomic E-state index is 0.0958. The van der Waals surface area contributed by atoms with Gasteiger partial charge < -0.3 is 10.1 Å². The predicted octanol–water partition coefficient (Wildman–Crippen LogP) is 4.22. The first-order valence-electron chi connectivity index (χ1n) is 4.35. The lowest BCUT2D eigenvalue weighted by Crippen LogP contribution is -1.98. The van der Waals surface area contributed by atoms with Crippen molar-refractivity contribution in [3.63, 3.8) is 0 Å². The Morgan fingerprint density at radius 2 is 2.19 bits per heavy atom. The maximum Gasteiger partial charge on any atom is 0.151 e. The van der Waals surface area contributed by atoms with Crippen molar-refractivity contribution in [2.24, 2.45) is 0 Å². The van der Waals surface area contributed by atoms with Crippen molar-refractivity contribution in [1.82, 2.24) is 0 Å². The minimum Gasteiger partial charge on any atom is -0.489 e. The van der Waals surface area contributed by atoms with Gasteiger partial charge in [0.05, 0.1) is 10.7 Å². The standard InChI is InChI=1S/C10H9Cl3FNO/c1-15-10-7(11)4-6(5-8(10)14)16-3-2-9(12)13/h2,4-5,15H,3H2,1H3. The Hall–Kier alpha value is -0.640. The van der Waals surface area contributed by atoms with Crippen LogP contribution in [0, 0.1) is 5.82 Å². The van der Waals surface area contributed by atoms with E-state index in [1.165, 1.54) is 18.2 Å². The first-order valence-corrected chi connectivity index (χ1v) is 5.48. The predicted molar refractivity (Wildman–Crippen MR) is 66.2 cm³/mol. The van der Waals surface area contributed by atoms with Crippen LogP contribution in [-0.4, -0.2) is 13.7 Å². The quantitative estimate of drug-likeness (QED) is 0.894. The lowest BCUT2D eigenvalue weighted by molar-refractivity contribution is 0.360. The van der Waals surface area contributed by atoms with E-state index in [0.717, 1.165) is 0 Å². The van der Waals surface area contributed by atoms with Crippen LogP contribution >= 0.6 is 34.8 Å². The van der Waals surface area contributed by atoms with Gasteiger partial charge in [-0.25, -0.2) is 4.39 Å². The molecule has 0 heterocycles. The molecule has 0 saturated carbocycles. The van der Waals surface area contributed by atoms with Crippen LogP contribution < -0.4 is 10.1 Å². The largest absolute Gasteiger partial charge is 0.489 e. The zero-order chi connectivity index (χ0) is 12.1. The number of nitrogens with one attached hydrogen (secondary N) is 1. The number of ether oxygens (including phenoxy) is 1. The van der Waals surface area contributed by atoms with Crippen LogP contribution in [0.5, 0.6) is 5.75 Å². The monoisotopic (exact) mass is 283 g/mol. The molecule has 1 aromatic carbocycles. The summed E-state index contributed by atoms with van der Waals surface area (Å²) in [7, 11) is 1.58. The lowest BCUT2D eigenvalue weighted by Gasteiger charge is -2.08. The Morgan fingerprint density at radius 1 is 1.50 bits per heavy atom. The summed E-state index contributed by atoms with van der Waals surface area (Å²) in [6, 6.07) is 2.74. The Kier molecular flexibility index (Phi) is 5.19. The van der Waals surface area contributed by atoms with E-state index in [-0.39, 0.29) is 21.8 Å². The molecule has 2 nitrogen and oxygen atoms in total. The summed E-state index contributed by atoms with van der Waals surface area (Å²) in [6.07, 6.45) is 1.45.